The molecule has 6 nitrogen and oxygen atoms in total. The van der Waals surface area contributed by atoms with Gasteiger partial charge < -0.3 is 14.0 Å². The molecule has 0 radical (unpaired) electrons. The Morgan fingerprint density at radius 3 is 2.66 bits per heavy atom. The number of hydrogen-bond acceptors (Lipinski definition) is 6. The van der Waals surface area contributed by atoms with E-state index in [1.54, 1.807) is 19.1 Å². The molecule has 1 heterocycles. The zero-order valence-corrected chi connectivity index (χ0v) is 17.2. The quantitative estimate of drug-likeness (QED) is 0.309. The Bertz CT molecular complexity index is 1060. The Morgan fingerprint density at radius 2 is 1.97 bits per heavy atom. The van der Waals surface area contributed by atoms with Crippen LogP contribution in [0.5, 0.6) is 5.75 Å². The number of rotatable bonds is 8. The van der Waals surface area contributed by atoms with E-state index in [1.807, 2.05) is 17.6 Å². The molecule has 0 atom stereocenters. The molecule has 0 aliphatic rings. The van der Waals surface area contributed by atoms with E-state index < -0.39 is 11.8 Å². The summed E-state index contributed by atoms with van der Waals surface area (Å²) in [5.41, 5.74) is 2.13. The lowest BCUT2D eigenvalue weighted by Gasteiger charge is -2.08. The fourth-order valence-corrected chi connectivity index (χ4v) is 3.93. The van der Waals surface area contributed by atoms with Crippen LogP contribution < -0.4 is 4.74 Å². The number of esters is 1. The predicted molar refractivity (Wildman–Crippen MR) is 109 cm³/mol. The SMILES string of the molecule is CCOC(=O)c1ccc2c(c1)nc(SCC(=O)c1cc(F)ccc1OC)n2CC. The number of carbonyl (C=O) groups is 2. The molecule has 0 spiro atoms. The van der Waals surface area contributed by atoms with Gasteiger partial charge in [0, 0.05) is 6.54 Å². The number of aromatic nitrogens is 2. The van der Waals surface area contributed by atoms with Gasteiger partial charge in [-0.2, -0.15) is 0 Å². The normalized spacial score (nSPS) is 10.9. The molecular formula is C21H21FN2O4S. The summed E-state index contributed by atoms with van der Waals surface area (Å²) in [7, 11) is 1.44. The summed E-state index contributed by atoms with van der Waals surface area (Å²) in [5.74, 6) is -0.740. The molecule has 152 valence electrons. The maximum absolute atomic E-state index is 13.6. The van der Waals surface area contributed by atoms with Crippen molar-refractivity contribution in [2.24, 2.45) is 0 Å². The first-order valence-corrected chi connectivity index (χ1v) is 10.1. The number of Topliss-reactive ketones (excluding diaryl/α,β-unsaturated/α-hetero) is 1. The van der Waals surface area contributed by atoms with Crippen molar-refractivity contribution in [2.45, 2.75) is 25.5 Å². The molecule has 0 aliphatic heterocycles. The Morgan fingerprint density at radius 1 is 1.17 bits per heavy atom. The highest BCUT2D eigenvalue weighted by Crippen LogP contribution is 2.27. The third-order valence-electron chi connectivity index (χ3n) is 4.33. The standard InChI is InChI=1S/C21H21FN2O4S/c1-4-24-17-8-6-13(20(26)28-5-2)10-16(17)23-21(24)29-12-18(25)15-11-14(22)7-9-19(15)27-3/h6-11H,4-5,12H2,1-3H3. The first-order chi connectivity index (χ1) is 14.0. The average molecular weight is 416 g/mol. The number of hydrogen-bond donors (Lipinski definition) is 0. The minimum atomic E-state index is -0.494. The lowest BCUT2D eigenvalue weighted by atomic mass is 10.1. The topological polar surface area (TPSA) is 70.4 Å². The van der Waals surface area contributed by atoms with E-state index in [9.17, 15) is 14.0 Å². The van der Waals surface area contributed by atoms with Crippen LogP contribution in [-0.2, 0) is 11.3 Å². The summed E-state index contributed by atoms with van der Waals surface area (Å²) in [4.78, 5) is 29.1. The van der Waals surface area contributed by atoms with Crippen LogP contribution in [0.2, 0.25) is 0 Å². The minimum Gasteiger partial charge on any atom is -0.496 e. The van der Waals surface area contributed by atoms with Crippen molar-refractivity contribution in [3.63, 3.8) is 0 Å². The maximum Gasteiger partial charge on any atom is 0.338 e. The van der Waals surface area contributed by atoms with Crippen LogP contribution in [0, 0.1) is 5.82 Å². The van der Waals surface area contributed by atoms with Gasteiger partial charge in [0.15, 0.2) is 10.9 Å². The molecule has 1 aromatic heterocycles. The van der Waals surface area contributed by atoms with Crippen molar-refractivity contribution in [1.82, 2.24) is 9.55 Å². The molecule has 0 fully saturated rings. The largest absolute Gasteiger partial charge is 0.496 e. The molecule has 2 aromatic carbocycles. The zero-order valence-electron chi connectivity index (χ0n) is 16.4. The molecule has 8 heteroatoms. The van der Waals surface area contributed by atoms with Gasteiger partial charge in [-0.05, 0) is 50.2 Å². The van der Waals surface area contributed by atoms with E-state index >= 15 is 0 Å². The molecule has 0 unspecified atom stereocenters. The van der Waals surface area contributed by atoms with Gasteiger partial charge in [-0.15, -0.1) is 0 Å². The van der Waals surface area contributed by atoms with Gasteiger partial charge >= 0.3 is 5.97 Å². The van der Waals surface area contributed by atoms with Crippen LogP contribution in [-0.4, -0.2) is 40.8 Å². The number of methoxy groups -OCH3 is 1. The highest BCUT2D eigenvalue weighted by molar-refractivity contribution is 7.99. The van der Waals surface area contributed by atoms with Crippen molar-refractivity contribution in [3.05, 3.63) is 53.3 Å². The van der Waals surface area contributed by atoms with Crippen LogP contribution in [0.4, 0.5) is 4.39 Å². The second-order valence-electron chi connectivity index (χ2n) is 6.12. The lowest BCUT2D eigenvalue weighted by molar-refractivity contribution is 0.0526. The Balaban J connectivity index is 1.85. The summed E-state index contributed by atoms with van der Waals surface area (Å²) in [6, 6.07) is 9.06. The van der Waals surface area contributed by atoms with Crippen molar-refractivity contribution in [3.8, 4) is 5.75 Å². The Kier molecular flexibility index (Phi) is 6.53. The molecule has 0 N–H and O–H groups in total. The Hall–Kier alpha value is -2.87. The second kappa shape index (κ2) is 9.09. The van der Waals surface area contributed by atoms with E-state index in [1.165, 1.54) is 37.1 Å². The summed E-state index contributed by atoms with van der Waals surface area (Å²) in [5, 5.41) is 0.646. The summed E-state index contributed by atoms with van der Waals surface area (Å²) in [6.45, 7) is 4.67. The van der Waals surface area contributed by atoms with Crippen molar-refractivity contribution >= 4 is 34.5 Å². The van der Waals surface area contributed by atoms with E-state index in [0.717, 1.165) is 5.52 Å². The first-order valence-electron chi connectivity index (χ1n) is 9.15. The molecule has 0 aliphatic carbocycles. The monoisotopic (exact) mass is 416 g/mol. The van der Waals surface area contributed by atoms with E-state index in [4.69, 9.17) is 9.47 Å². The number of ketones is 1. The molecule has 0 saturated heterocycles. The summed E-state index contributed by atoms with van der Waals surface area (Å²) < 4.78 is 25.7. The van der Waals surface area contributed by atoms with Crippen LogP contribution in [0.15, 0.2) is 41.6 Å². The number of aryl methyl sites for hydroxylation is 1. The van der Waals surface area contributed by atoms with Gasteiger partial charge in [0.25, 0.3) is 0 Å². The number of benzene rings is 2. The molecule has 0 bridgehead atoms. The van der Waals surface area contributed by atoms with Gasteiger partial charge in [-0.3, -0.25) is 4.79 Å². The number of ether oxygens (including phenoxy) is 2. The van der Waals surface area contributed by atoms with Crippen LogP contribution >= 0.6 is 11.8 Å². The minimum absolute atomic E-state index is 0.0773. The fraction of sp³-hybridized carbons (Fsp3) is 0.286. The number of thioether (sulfide) groups is 1. The number of nitrogens with zero attached hydrogens (tertiary/aromatic N) is 2. The van der Waals surface area contributed by atoms with Gasteiger partial charge in [0.2, 0.25) is 0 Å². The van der Waals surface area contributed by atoms with Crippen molar-refractivity contribution in [2.75, 3.05) is 19.5 Å². The molecule has 3 rings (SSSR count). The lowest BCUT2D eigenvalue weighted by Crippen LogP contribution is -2.07. The van der Waals surface area contributed by atoms with Gasteiger partial charge in [0.05, 0.1) is 41.6 Å². The van der Waals surface area contributed by atoms with E-state index in [0.29, 0.717) is 35.1 Å². The first kappa shape index (κ1) is 20.9. The highest BCUT2D eigenvalue weighted by Gasteiger charge is 2.18. The number of imidazole rings is 1. The zero-order chi connectivity index (χ0) is 21.0. The maximum atomic E-state index is 13.6. The molecule has 0 amide bonds. The second-order valence-corrected chi connectivity index (χ2v) is 7.06. The fourth-order valence-electron chi connectivity index (χ4n) is 2.97. The van der Waals surface area contributed by atoms with Crippen LogP contribution in [0.3, 0.4) is 0 Å². The van der Waals surface area contributed by atoms with Crippen LogP contribution in [0.25, 0.3) is 11.0 Å². The van der Waals surface area contributed by atoms with Crippen molar-refractivity contribution in [1.29, 1.82) is 0 Å². The van der Waals surface area contributed by atoms with E-state index in [2.05, 4.69) is 4.98 Å². The third-order valence-corrected chi connectivity index (χ3v) is 5.31. The van der Waals surface area contributed by atoms with Crippen LogP contribution in [0.1, 0.15) is 34.6 Å². The van der Waals surface area contributed by atoms with Gasteiger partial charge in [-0.25, -0.2) is 14.2 Å². The third kappa shape index (κ3) is 4.42. The molecule has 0 saturated carbocycles. The average Bonchev–Trinajstić information content (AvgIpc) is 3.08. The summed E-state index contributed by atoms with van der Waals surface area (Å²) in [6.07, 6.45) is 0. The highest BCUT2D eigenvalue weighted by atomic mass is 32.2. The van der Waals surface area contributed by atoms with Crippen molar-refractivity contribution < 1.29 is 23.5 Å². The molecule has 3 aromatic rings. The Labute approximate surface area is 172 Å². The smallest absolute Gasteiger partial charge is 0.338 e. The number of carbonyl (C=O) groups excluding carboxylic acids is 2. The molecular weight excluding hydrogens is 395 g/mol. The summed E-state index contributed by atoms with van der Waals surface area (Å²) >= 11 is 1.26. The van der Waals surface area contributed by atoms with E-state index in [-0.39, 0.29) is 17.1 Å². The number of fused-ring (bicyclic) bond motifs is 1. The molecule has 29 heavy (non-hydrogen) atoms. The van der Waals surface area contributed by atoms with Gasteiger partial charge in [-0.1, -0.05) is 11.8 Å². The van der Waals surface area contributed by atoms with Gasteiger partial charge in [0.1, 0.15) is 11.6 Å². The predicted octanol–water partition coefficient (Wildman–Crippen LogP) is 4.36. The number of halogens is 1.